The topological polar surface area (TPSA) is 127 Å². The number of hydrogen-bond acceptors (Lipinski definition) is 8. The van der Waals surface area contributed by atoms with Crippen molar-refractivity contribution in [2.75, 3.05) is 22.1 Å². The monoisotopic (exact) mass is 668 g/mol. The molecular formula is C34H33ClN8O3S. The highest BCUT2D eigenvalue weighted by atomic mass is 35.5. The summed E-state index contributed by atoms with van der Waals surface area (Å²) in [7, 11) is 0. The molecule has 13 heteroatoms. The molecule has 240 valence electrons. The first-order valence-electron chi connectivity index (χ1n) is 15.5. The molecule has 47 heavy (non-hydrogen) atoms. The summed E-state index contributed by atoms with van der Waals surface area (Å²) in [6, 6.07) is 13.2. The van der Waals surface area contributed by atoms with Crippen LogP contribution in [0.5, 0.6) is 11.8 Å². The Morgan fingerprint density at radius 1 is 0.936 bits per heavy atom. The van der Waals surface area contributed by atoms with Crippen molar-refractivity contribution in [3.8, 4) is 27.9 Å². The number of aromatic nitrogens is 5. The summed E-state index contributed by atoms with van der Waals surface area (Å²) in [6.45, 7) is 6.96. The second kappa shape index (κ2) is 12.4. The van der Waals surface area contributed by atoms with Crippen molar-refractivity contribution in [1.82, 2.24) is 24.7 Å². The fourth-order valence-corrected chi connectivity index (χ4v) is 6.82. The van der Waals surface area contributed by atoms with Gasteiger partial charge in [-0.1, -0.05) is 49.8 Å². The van der Waals surface area contributed by atoms with E-state index in [0.29, 0.717) is 40.4 Å². The maximum absolute atomic E-state index is 13.1. The van der Waals surface area contributed by atoms with Crippen LogP contribution in [0.1, 0.15) is 56.9 Å². The highest BCUT2D eigenvalue weighted by Crippen LogP contribution is 2.37. The number of rotatable bonds is 7. The fraction of sp³-hybridized carbons (Fsp3) is 0.294. The van der Waals surface area contributed by atoms with Crippen LogP contribution in [0.15, 0.2) is 61.1 Å². The second-order valence-corrected chi connectivity index (χ2v) is 14.0. The van der Waals surface area contributed by atoms with Gasteiger partial charge >= 0.3 is 12.0 Å². The van der Waals surface area contributed by atoms with Crippen molar-refractivity contribution in [2.24, 2.45) is 0 Å². The number of carbonyl (C=O) groups is 2. The molecular weight excluding hydrogens is 636 g/mol. The van der Waals surface area contributed by atoms with Crippen LogP contribution in [0.3, 0.4) is 0 Å². The molecule has 5 aromatic rings. The third-order valence-corrected chi connectivity index (χ3v) is 9.51. The number of halogens is 1. The molecule has 2 aromatic carbocycles. The molecule has 3 amide bonds. The van der Waals surface area contributed by atoms with E-state index >= 15 is 0 Å². The number of aryl methyl sites for hydroxylation is 2. The number of carbonyl (C=O) groups excluding carboxylic acids is 2. The Labute approximate surface area is 281 Å². The van der Waals surface area contributed by atoms with E-state index in [1.165, 1.54) is 34.9 Å². The lowest BCUT2D eigenvalue weighted by molar-refractivity contribution is -0.117. The van der Waals surface area contributed by atoms with Crippen LogP contribution < -0.4 is 20.3 Å². The van der Waals surface area contributed by atoms with Gasteiger partial charge in [-0.3, -0.25) is 15.0 Å². The first kappa shape index (κ1) is 30.8. The Morgan fingerprint density at radius 3 is 2.49 bits per heavy atom. The lowest BCUT2D eigenvalue weighted by Gasteiger charge is -2.14. The molecule has 1 fully saturated rings. The van der Waals surface area contributed by atoms with E-state index in [-0.39, 0.29) is 17.3 Å². The summed E-state index contributed by atoms with van der Waals surface area (Å²) in [4.78, 5) is 40.7. The lowest BCUT2D eigenvalue weighted by Crippen LogP contribution is -2.23. The van der Waals surface area contributed by atoms with Gasteiger partial charge in [-0.05, 0) is 72.7 Å². The number of nitrogens with one attached hydrogen (secondary N) is 2. The third kappa shape index (κ3) is 6.56. The van der Waals surface area contributed by atoms with Gasteiger partial charge in [0.25, 0.3) is 0 Å². The number of urea groups is 1. The van der Waals surface area contributed by atoms with Gasteiger partial charge < -0.3 is 10.1 Å². The minimum absolute atomic E-state index is 0.0720. The molecule has 0 radical (unpaired) electrons. The normalized spacial score (nSPS) is 14.4. The molecule has 1 aliphatic carbocycles. The molecule has 0 spiro atoms. The Morgan fingerprint density at radius 2 is 1.74 bits per heavy atom. The summed E-state index contributed by atoms with van der Waals surface area (Å²) in [5.41, 5.74) is 5.50. The average molecular weight is 669 g/mol. The number of amides is 3. The Kier molecular flexibility index (Phi) is 8.15. The predicted molar refractivity (Wildman–Crippen MR) is 183 cm³/mol. The standard InChI is InChI=1S/C34H33ClN8O3S/c1-34(2,3)28-16-29(43(41-28)24-11-9-20-6-4-7-21(20)14-24)40-31(45)39-23-17-36-32(37-18-23)46-26-12-10-22(15-25(26)35)27-19-38-33(47-27)42-13-5-8-30(42)44/h9-12,14-19H,4-8,13H2,1-3H3,(H2,39,40,45). The molecule has 2 N–H and O–H groups in total. The van der Waals surface area contributed by atoms with Crippen molar-refractivity contribution in [1.29, 1.82) is 0 Å². The summed E-state index contributed by atoms with van der Waals surface area (Å²) in [6.07, 6.45) is 9.36. The number of fused-ring (bicyclic) bond motifs is 1. The van der Waals surface area contributed by atoms with Gasteiger partial charge in [-0.2, -0.15) is 5.10 Å². The number of nitrogens with zero attached hydrogens (tertiary/aromatic N) is 6. The van der Waals surface area contributed by atoms with Crippen LogP contribution in [0.4, 0.5) is 21.4 Å². The molecule has 2 aliphatic rings. The minimum Gasteiger partial charge on any atom is -0.423 e. The molecule has 0 atom stereocenters. The van der Waals surface area contributed by atoms with Gasteiger partial charge in [0.1, 0.15) is 11.6 Å². The van der Waals surface area contributed by atoms with E-state index in [2.05, 4.69) is 58.5 Å². The quantitative estimate of drug-likeness (QED) is 0.181. The average Bonchev–Trinajstić information content (AvgIpc) is 3.85. The Balaban J connectivity index is 1.01. The van der Waals surface area contributed by atoms with Crippen LogP contribution in [-0.4, -0.2) is 43.2 Å². The van der Waals surface area contributed by atoms with E-state index < -0.39 is 6.03 Å². The Hall–Kier alpha value is -4.81. The predicted octanol–water partition coefficient (Wildman–Crippen LogP) is 7.79. The van der Waals surface area contributed by atoms with E-state index in [0.717, 1.165) is 47.5 Å². The molecule has 11 nitrogen and oxygen atoms in total. The summed E-state index contributed by atoms with van der Waals surface area (Å²) in [5, 5.41) is 11.6. The smallest absolute Gasteiger partial charge is 0.324 e. The van der Waals surface area contributed by atoms with Crippen molar-refractivity contribution in [2.45, 2.75) is 58.3 Å². The number of hydrogen-bond donors (Lipinski definition) is 2. The number of thiazole rings is 1. The highest BCUT2D eigenvalue weighted by molar-refractivity contribution is 7.19. The van der Waals surface area contributed by atoms with Crippen LogP contribution >= 0.6 is 22.9 Å². The fourth-order valence-electron chi connectivity index (χ4n) is 5.64. The van der Waals surface area contributed by atoms with E-state index in [1.54, 1.807) is 27.9 Å². The molecule has 0 bridgehead atoms. The zero-order chi connectivity index (χ0) is 32.7. The van der Waals surface area contributed by atoms with E-state index in [1.807, 2.05) is 18.2 Å². The van der Waals surface area contributed by atoms with Gasteiger partial charge in [-0.15, -0.1) is 0 Å². The summed E-state index contributed by atoms with van der Waals surface area (Å²) < 4.78 is 7.61. The second-order valence-electron chi connectivity index (χ2n) is 12.6. The van der Waals surface area contributed by atoms with Gasteiger partial charge in [0.15, 0.2) is 5.13 Å². The summed E-state index contributed by atoms with van der Waals surface area (Å²) >= 11 is 7.99. The molecule has 1 aliphatic heterocycles. The molecule has 4 heterocycles. The van der Waals surface area contributed by atoms with Crippen molar-refractivity contribution >= 4 is 51.5 Å². The molecule has 7 rings (SSSR count). The van der Waals surface area contributed by atoms with Crippen molar-refractivity contribution in [3.63, 3.8) is 0 Å². The largest absolute Gasteiger partial charge is 0.423 e. The molecule has 0 saturated carbocycles. The first-order valence-corrected chi connectivity index (χ1v) is 16.7. The number of anilines is 3. The van der Waals surface area contributed by atoms with Gasteiger partial charge in [0.05, 0.1) is 39.4 Å². The molecule has 3 aromatic heterocycles. The van der Waals surface area contributed by atoms with Crippen molar-refractivity contribution in [3.05, 3.63) is 82.9 Å². The molecule has 1 saturated heterocycles. The minimum atomic E-state index is -0.455. The van der Waals surface area contributed by atoms with E-state index in [4.69, 9.17) is 21.4 Å². The van der Waals surface area contributed by atoms with Crippen LogP contribution in [-0.2, 0) is 23.1 Å². The van der Waals surface area contributed by atoms with Gasteiger partial charge in [-0.25, -0.2) is 24.4 Å². The summed E-state index contributed by atoms with van der Waals surface area (Å²) in [5.74, 6) is 1.04. The first-order chi connectivity index (χ1) is 22.6. The number of benzene rings is 2. The zero-order valence-corrected chi connectivity index (χ0v) is 27.8. The lowest BCUT2D eigenvalue weighted by atomic mass is 9.92. The zero-order valence-electron chi connectivity index (χ0n) is 26.2. The van der Waals surface area contributed by atoms with Crippen LogP contribution in [0.2, 0.25) is 5.02 Å². The van der Waals surface area contributed by atoms with E-state index in [9.17, 15) is 9.59 Å². The molecule has 0 unspecified atom stereocenters. The van der Waals surface area contributed by atoms with Crippen LogP contribution in [0.25, 0.3) is 16.1 Å². The Bertz CT molecular complexity index is 1980. The number of ether oxygens (including phenoxy) is 1. The van der Waals surface area contributed by atoms with Crippen molar-refractivity contribution < 1.29 is 14.3 Å². The third-order valence-electron chi connectivity index (χ3n) is 8.15. The SMILES string of the molecule is CC(C)(C)c1cc(NC(=O)Nc2cnc(Oc3ccc(-c4cnc(N5CCCC5=O)s4)cc3Cl)nc2)n(-c2ccc3c(c2)CCC3)n1. The van der Waals surface area contributed by atoms with Crippen LogP contribution in [0, 0.1) is 0 Å². The van der Waals surface area contributed by atoms with Gasteiger partial charge in [0.2, 0.25) is 5.91 Å². The maximum Gasteiger partial charge on any atom is 0.324 e. The van der Waals surface area contributed by atoms with Gasteiger partial charge in [0, 0.05) is 30.6 Å². The maximum atomic E-state index is 13.1. The highest BCUT2D eigenvalue weighted by Gasteiger charge is 2.25.